The third kappa shape index (κ3) is 2.19. The van der Waals surface area contributed by atoms with Gasteiger partial charge in [-0.05, 0) is 26.2 Å². The molecule has 0 radical (unpaired) electrons. The molecular formula is C11H19N3O2. The van der Waals surface area contributed by atoms with Crippen molar-refractivity contribution in [3.63, 3.8) is 0 Å². The minimum atomic E-state index is -0.302. The van der Waals surface area contributed by atoms with Crippen LogP contribution in [0.25, 0.3) is 0 Å². The summed E-state index contributed by atoms with van der Waals surface area (Å²) in [4.78, 5) is 25.1. The van der Waals surface area contributed by atoms with E-state index < -0.39 is 0 Å². The maximum Gasteiger partial charge on any atom is 0.245 e. The molecule has 0 spiro atoms. The van der Waals surface area contributed by atoms with Gasteiger partial charge < -0.3 is 16.0 Å². The van der Waals surface area contributed by atoms with Crippen LogP contribution < -0.4 is 11.1 Å². The summed E-state index contributed by atoms with van der Waals surface area (Å²) < 4.78 is 0. The Labute approximate surface area is 95.3 Å². The quantitative estimate of drug-likeness (QED) is 0.638. The molecule has 0 aromatic carbocycles. The highest BCUT2D eigenvalue weighted by Crippen LogP contribution is 2.19. The molecule has 2 saturated heterocycles. The molecule has 0 saturated carbocycles. The van der Waals surface area contributed by atoms with Crippen molar-refractivity contribution in [2.45, 2.75) is 50.7 Å². The summed E-state index contributed by atoms with van der Waals surface area (Å²) >= 11 is 0. The number of nitrogens with two attached hydrogens (primary N) is 1. The number of piperidine rings is 1. The van der Waals surface area contributed by atoms with Crippen LogP contribution in [0.1, 0.15) is 32.6 Å². The average molecular weight is 225 g/mol. The van der Waals surface area contributed by atoms with Gasteiger partial charge in [-0.3, -0.25) is 9.59 Å². The monoisotopic (exact) mass is 225 g/mol. The third-order valence-corrected chi connectivity index (χ3v) is 3.49. The van der Waals surface area contributed by atoms with Crippen LogP contribution in [0.2, 0.25) is 0 Å². The average Bonchev–Trinajstić information content (AvgIpc) is 2.64. The number of nitrogens with one attached hydrogen (secondary N) is 1. The predicted molar refractivity (Wildman–Crippen MR) is 59.5 cm³/mol. The zero-order valence-corrected chi connectivity index (χ0v) is 9.61. The lowest BCUT2D eigenvalue weighted by Crippen LogP contribution is -2.53. The second-order valence-electron chi connectivity index (χ2n) is 4.82. The number of carbonyl (C=O) groups excluding carboxylic acids is 2. The van der Waals surface area contributed by atoms with Crippen molar-refractivity contribution in [1.82, 2.24) is 10.2 Å². The molecule has 16 heavy (non-hydrogen) atoms. The first-order chi connectivity index (χ1) is 7.58. The fourth-order valence-electron chi connectivity index (χ4n) is 2.54. The summed E-state index contributed by atoms with van der Waals surface area (Å²) in [6.45, 7) is 2.74. The minimum Gasteiger partial charge on any atom is -0.344 e. The van der Waals surface area contributed by atoms with E-state index >= 15 is 0 Å². The van der Waals surface area contributed by atoms with Gasteiger partial charge in [-0.25, -0.2) is 0 Å². The molecule has 90 valence electrons. The molecule has 0 aromatic rings. The van der Waals surface area contributed by atoms with Gasteiger partial charge in [0.1, 0.15) is 6.04 Å². The van der Waals surface area contributed by atoms with Crippen LogP contribution >= 0.6 is 0 Å². The third-order valence-electron chi connectivity index (χ3n) is 3.49. The van der Waals surface area contributed by atoms with Crippen LogP contribution in [0.3, 0.4) is 0 Å². The lowest BCUT2D eigenvalue weighted by molar-refractivity contribution is -0.137. The van der Waals surface area contributed by atoms with Crippen molar-refractivity contribution >= 4 is 11.8 Å². The first-order valence-corrected chi connectivity index (χ1v) is 5.93. The van der Waals surface area contributed by atoms with Crippen LogP contribution in [0, 0.1) is 0 Å². The van der Waals surface area contributed by atoms with Crippen molar-refractivity contribution in [3.8, 4) is 0 Å². The van der Waals surface area contributed by atoms with E-state index in [0.29, 0.717) is 19.4 Å². The van der Waals surface area contributed by atoms with Gasteiger partial charge in [0.25, 0.3) is 0 Å². The second-order valence-corrected chi connectivity index (χ2v) is 4.82. The Bertz CT molecular complexity index is 306. The molecule has 3 N–H and O–H groups in total. The molecule has 3 atom stereocenters. The van der Waals surface area contributed by atoms with E-state index in [4.69, 9.17) is 5.73 Å². The standard InChI is InChI=1S/C11H19N3O2/c1-7-6-8(12)4-5-14(7)11(16)9-2-3-10(15)13-9/h7-9H,2-6,12H2,1H3,(H,13,15)/t7?,8?,9-/m0/s1. The molecule has 2 aliphatic heterocycles. The highest BCUT2D eigenvalue weighted by Gasteiger charge is 2.34. The molecular weight excluding hydrogens is 206 g/mol. The molecule has 2 heterocycles. The molecule has 0 aromatic heterocycles. The van der Waals surface area contributed by atoms with Gasteiger partial charge in [0.15, 0.2) is 0 Å². The van der Waals surface area contributed by atoms with Crippen molar-refractivity contribution in [2.75, 3.05) is 6.54 Å². The maximum atomic E-state index is 12.1. The lowest BCUT2D eigenvalue weighted by Gasteiger charge is -2.37. The largest absolute Gasteiger partial charge is 0.344 e. The summed E-state index contributed by atoms with van der Waals surface area (Å²) in [7, 11) is 0. The van der Waals surface area contributed by atoms with E-state index in [1.165, 1.54) is 0 Å². The Morgan fingerprint density at radius 2 is 2.25 bits per heavy atom. The number of nitrogens with zero attached hydrogens (tertiary/aromatic N) is 1. The van der Waals surface area contributed by atoms with Crippen LogP contribution in [0.15, 0.2) is 0 Å². The van der Waals surface area contributed by atoms with Gasteiger partial charge in [0.2, 0.25) is 11.8 Å². The van der Waals surface area contributed by atoms with Gasteiger partial charge in [0.05, 0.1) is 0 Å². The highest BCUT2D eigenvalue weighted by atomic mass is 16.2. The van der Waals surface area contributed by atoms with Crippen LogP contribution in [-0.4, -0.2) is 41.4 Å². The number of hydrogen-bond acceptors (Lipinski definition) is 3. The summed E-state index contributed by atoms with van der Waals surface area (Å²) in [6.07, 6.45) is 2.81. The molecule has 0 aliphatic carbocycles. The van der Waals surface area contributed by atoms with Crippen molar-refractivity contribution in [2.24, 2.45) is 5.73 Å². The Kier molecular flexibility index (Phi) is 3.14. The number of likely N-dealkylation sites (tertiary alicyclic amines) is 1. The Hall–Kier alpha value is -1.10. The normalized spacial score (nSPS) is 35.0. The topological polar surface area (TPSA) is 75.4 Å². The molecule has 5 nitrogen and oxygen atoms in total. The first kappa shape index (κ1) is 11.4. The molecule has 2 amide bonds. The van der Waals surface area contributed by atoms with Crippen LogP contribution in [0.5, 0.6) is 0 Å². The Morgan fingerprint density at radius 3 is 2.81 bits per heavy atom. The van der Waals surface area contributed by atoms with Gasteiger partial charge >= 0.3 is 0 Å². The maximum absolute atomic E-state index is 12.1. The van der Waals surface area contributed by atoms with E-state index in [9.17, 15) is 9.59 Å². The van der Waals surface area contributed by atoms with Crippen molar-refractivity contribution in [3.05, 3.63) is 0 Å². The van der Waals surface area contributed by atoms with Crippen LogP contribution in [0.4, 0.5) is 0 Å². The summed E-state index contributed by atoms with van der Waals surface area (Å²) in [5.41, 5.74) is 5.86. The first-order valence-electron chi connectivity index (χ1n) is 5.93. The lowest BCUT2D eigenvalue weighted by atomic mass is 9.98. The van der Waals surface area contributed by atoms with Crippen LogP contribution in [-0.2, 0) is 9.59 Å². The van der Waals surface area contributed by atoms with Crippen molar-refractivity contribution < 1.29 is 9.59 Å². The molecule has 2 unspecified atom stereocenters. The summed E-state index contributed by atoms with van der Waals surface area (Å²) in [6, 6.07) is 0.0928. The molecule has 2 fully saturated rings. The zero-order chi connectivity index (χ0) is 11.7. The van der Waals surface area contributed by atoms with Gasteiger partial charge in [-0.1, -0.05) is 0 Å². The Balaban J connectivity index is 1.96. The molecule has 2 aliphatic rings. The van der Waals surface area contributed by atoms with E-state index in [2.05, 4.69) is 5.32 Å². The van der Waals surface area contributed by atoms with E-state index in [1.54, 1.807) is 0 Å². The van der Waals surface area contributed by atoms with Crippen molar-refractivity contribution in [1.29, 1.82) is 0 Å². The number of amides is 2. The van der Waals surface area contributed by atoms with E-state index in [0.717, 1.165) is 12.8 Å². The van der Waals surface area contributed by atoms with Gasteiger partial charge in [-0.2, -0.15) is 0 Å². The summed E-state index contributed by atoms with van der Waals surface area (Å²) in [5, 5.41) is 2.72. The molecule has 0 bridgehead atoms. The van der Waals surface area contributed by atoms with E-state index in [-0.39, 0.29) is 29.9 Å². The van der Waals surface area contributed by atoms with E-state index in [1.807, 2.05) is 11.8 Å². The van der Waals surface area contributed by atoms with Gasteiger partial charge in [-0.15, -0.1) is 0 Å². The summed E-state index contributed by atoms with van der Waals surface area (Å²) in [5.74, 6) is 0.0463. The molecule has 5 heteroatoms. The zero-order valence-electron chi connectivity index (χ0n) is 9.61. The Morgan fingerprint density at radius 1 is 1.50 bits per heavy atom. The number of carbonyl (C=O) groups is 2. The fraction of sp³-hybridized carbons (Fsp3) is 0.818. The highest BCUT2D eigenvalue weighted by molar-refractivity contribution is 5.91. The van der Waals surface area contributed by atoms with Gasteiger partial charge in [0, 0.05) is 25.0 Å². The SMILES string of the molecule is CC1CC(N)CCN1C(=O)[C@@H]1CCC(=O)N1. The predicted octanol–water partition coefficient (Wildman–Crippen LogP) is -0.397. The minimum absolute atomic E-state index is 0.0142. The number of hydrogen-bond donors (Lipinski definition) is 2. The smallest absolute Gasteiger partial charge is 0.245 e. The number of rotatable bonds is 1. The fourth-order valence-corrected chi connectivity index (χ4v) is 2.54. The second kappa shape index (κ2) is 4.41. The molecule has 2 rings (SSSR count).